The first-order valence-corrected chi connectivity index (χ1v) is 10.2. The highest BCUT2D eigenvalue weighted by Gasteiger charge is 2.25. The molecular weight excluding hydrogens is 362 g/mol. The van der Waals surface area contributed by atoms with Crippen LogP contribution >= 0.6 is 0 Å². The second kappa shape index (κ2) is 8.57. The van der Waals surface area contributed by atoms with E-state index in [9.17, 15) is 4.79 Å². The summed E-state index contributed by atoms with van der Waals surface area (Å²) >= 11 is 0. The summed E-state index contributed by atoms with van der Waals surface area (Å²) in [6, 6.07) is 14.2. The van der Waals surface area contributed by atoms with Gasteiger partial charge >= 0.3 is 0 Å². The van der Waals surface area contributed by atoms with Crippen LogP contribution in [-0.2, 0) is 17.8 Å². The van der Waals surface area contributed by atoms with Gasteiger partial charge < -0.3 is 9.80 Å². The molecule has 29 heavy (non-hydrogen) atoms. The highest BCUT2D eigenvalue weighted by Crippen LogP contribution is 2.19. The van der Waals surface area contributed by atoms with Crippen molar-refractivity contribution in [3.63, 3.8) is 0 Å². The summed E-state index contributed by atoms with van der Waals surface area (Å²) in [4.78, 5) is 20.6. The number of piperazine rings is 1. The number of aromatic nitrogens is 3. The van der Waals surface area contributed by atoms with Crippen LogP contribution in [0.1, 0.15) is 22.5 Å². The van der Waals surface area contributed by atoms with E-state index in [4.69, 9.17) is 0 Å². The molecular formula is C23H28N5O+. The first-order chi connectivity index (χ1) is 14.1. The number of hydrogen-bond donors (Lipinski definition) is 1. The Kier molecular flexibility index (Phi) is 5.71. The minimum atomic E-state index is 0.201. The van der Waals surface area contributed by atoms with Crippen molar-refractivity contribution in [2.24, 2.45) is 0 Å². The molecule has 1 saturated heterocycles. The predicted molar refractivity (Wildman–Crippen MR) is 112 cm³/mol. The topological polar surface area (TPSA) is 55.5 Å². The molecule has 6 heteroatoms. The molecule has 0 saturated carbocycles. The van der Waals surface area contributed by atoms with Crippen LogP contribution in [0.5, 0.6) is 0 Å². The maximum absolute atomic E-state index is 13.0. The zero-order valence-corrected chi connectivity index (χ0v) is 17.1. The van der Waals surface area contributed by atoms with Crippen LogP contribution in [0, 0.1) is 13.8 Å². The zero-order valence-electron chi connectivity index (χ0n) is 17.1. The lowest BCUT2D eigenvalue weighted by molar-refractivity contribution is -0.917. The average Bonchev–Trinajstić information content (AvgIpc) is 3.04. The van der Waals surface area contributed by atoms with Gasteiger partial charge in [-0.2, -0.15) is 5.10 Å². The first-order valence-electron chi connectivity index (χ1n) is 10.2. The Morgan fingerprint density at radius 2 is 1.72 bits per heavy atom. The fourth-order valence-electron chi connectivity index (χ4n) is 4.05. The van der Waals surface area contributed by atoms with Crippen molar-refractivity contribution in [2.75, 3.05) is 26.2 Å². The van der Waals surface area contributed by atoms with Crippen LogP contribution < -0.4 is 4.90 Å². The third-order valence-corrected chi connectivity index (χ3v) is 5.80. The van der Waals surface area contributed by atoms with Gasteiger partial charge in [0.15, 0.2) is 0 Å². The van der Waals surface area contributed by atoms with Crippen LogP contribution in [0.2, 0.25) is 0 Å². The molecule has 1 aliphatic rings. The van der Waals surface area contributed by atoms with Crippen molar-refractivity contribution in [3.05, 3.63) is 77.4 Å². The SMILES string of the molecule is Cc1nn(-c2ccccc2)c(C)c1CC(=O)N1CC[NH+](Cc2ccncc2)CC1. The van der Waals surface area contributed by atoms with Crippen LogP contribution in [0.3, 0.4) is 0 Å². The second-order valence-corrected chi connectivity index (χ2v) is 7.74. The molecule has 0 radical (unpaired) electrons. The van der Waals surface area contributed by atoms with Gasteiger partial charge in [0.1, 0.15) is 6.54 Å². The lowest BCUT2D eigenvalue weighted by atomic mass is 10.1. The molecule has 0 bridgehead atoms. The number of carbonyl (C=O) groups is 1. The summed E-state index contributed by atoms with van der Waals surface area (Å²) < 4.78 is 1.94. The van der Waals surface area contributed by atoms with E-state index in [2.05, 4.69) is 22.2 Å². The molecule has 6 nitrogen and oxygen atoms in total. The summed E-state index contributed by atoms with van der Waals surface area (Å²) in [7, 11) is 0. The van der Waals surface area contributed by atoms with E-state index in [1.807, 2.05) is 66.2 Å². The summed E-state index contributed by atoms with van der Waals surface area (Å²) in [6.45, 7) is 8.61. The molecule has 0 spiro atoms. The molecule has 0 unspecified atom stereocenters. The summed E-state index contributed by atoms with van der Waals surface area (Å²) in [5, 5.41) is 4.67. The monoisotopic (exact) mass is 390 g/mol. The molecule has 0 atom stereocenters. The molecule has 1 aromatic carbocycles. The van der Waals surface area contributed by atoms with Gasteiger partial charge in [-0.3, -0.25) is 9.78 Å². The molecule has 1 aliphatic heterocycles. The molecule has 1 fully saturated rings. The van der Waals surface area contributed by atoms with Gasteiger partial charge in [-0.1, -0.05) is 18.2 Å². The number of hydrogen-bond acceptors (Lipinski definition) is 3. The van der Waals surface area contributed by atoms with Gasteiger partial charge in [-0.25, -0.2) is 4.68 Å². The molecule has 3 heterocycles. The quantitative estimate of drug-likeness (QED) is 0.716. The normalized spacial score (nSPS) is 14.9. The van der Waals surface area contributed by atoms with Crippen LogP contribution in [0.4, 0.5) is 0 Å². The lowest BCUT2D eigenvalue weighted by Crippen LogP contribution is -3.13. The second-order valence-electron chi connectivity index (χ2n) is 7.74. The van der Waals surface area contributed by atoms with E-state index in [0.717, 1.165) is 55.4 Å². The van der Waals surface area contributed by atoms with Crippen molar-refractivity contribution in [3.8, 4) is 5.69 Å². The summed E-state index contributed by atoms with van der Waals surface area (Å²) in [5.74, 6) is 0.201. The number of quaternary nitrogens is 1. The zero-order chi connectivity index (χ0) is 20.2. The summed E-state index contributed by atoms with van der Waals surface area (Å²) in [6.07, 6.45) is 4.11. The Morgan fingerprint density at radius 1 is 1.03 bits per heavy atom. The summed E-state index contributed by atoms with van der Waals surface area (Å²) in [5.41, 5.74) is 5.35. The average molecular weight is 391 g/mol. The van der Waals surface area contributed by atoms with Crippen molar-refractivity contribution in [1.29, 1.82) is 0 Å². The minimum Gasteiger partial charge on any atom is -0.331 e. The molecule has 0 aliphatic carbocycles. The van der Waals surface area contributed by atoms with E-state index < -0.39 is 0 Å². The number of para-hydroxylation sites is 1. The number of pyridine rings is 1. The van der Waals surface area contributed by atoms with Gasteiger partial charge in [-0.05, 0) is 38.1 Å². The smallest absolute Gasteiger partial charge is 0.227 e. The largest absolute Gasteiger partial charge is 0.331 e. The number of nitrogens with one attached hydrogen (secondary N) is 1. The van der Waals surface area contributed by atoms with E-state index in [1.165, 1.54) is 10.5 Å². The molecule has 1 N–H and O–H groups in total. The Morgan fingerprint density at radius 3 is 2.41 bits per heavy atom. The number of rotatable bonds is 5. The number of benzene rings is 1. The van der Waals surface area contributed by atoms with Gasteiger partial charge in [0.2, 0.25) is 5.91 Å². The van der Waals surface area contributed by atoms with Crippen molar-refractivity contribution in [2.45, 2.75) is 26.8 Å². The van der Waals surface area contributed by atoms with E-state index >= 15 is 0 Å². The fraction of sp³-hybridized carbons (Fsp3) is 0.348. The maximum Gasteiger partial charge on any atom is 0.227 e. The molecule has 4 rings (SSSR count). The molecule has 150 valence electrons. The maximum atomic E-state index is 13.0. The fourth-order valence-corrected chi connectivity index (χ4v) is 4.05. The van der Waals surface area contributed by atoms with Crippen molar-refractivity contribution in [1.82, 2.24) is 19.7 Å². The first kappa shape index (κ1) is 19.3. The van der Waals surface area contributed by atoms with Crippen LogP contribution in [-0.4, -0.2) is 51.8 Å². The molecule has 1 amide bonds. The Labute approximate surface area is 171 Å². The van der Waals surface area contributed by atoms with Gasteiger partial charge in [-0.15, -0.1) is 0 Å². The van der Waals surface area contributed by atoms with Gasteiger partial charge in [0.05, 0.1) is 44.0 Å². The molecule has 3 aromatic rings. The number of carbonyl (C=O) groups excluding carboxylic acids is 1. The Hall–Kier alpha value is -2.99. The Balaban J connectivity index is 1.37. The highest BCUT2D eigenvalue weighted by atomic mass is 16.2. The number of aryl methyl sites for hydroxylation is 1. The minimum absolute atomic E-state index is 0.201. The van der Waals surface area contributed by atoms with Crippen LogP contribution in [0.25, 0.3) is 5.69 Å². The molecule has 2 aromatic heterocycles. The lowest BCUT2D eigenvalue weighted by Gasteiger charge is -2.32. The van der Waals surface area contributed by atoms with E-state index in [-0.39, 0.29) is 5.91 Å². The van der Waals surface area contributed by atoms with Crippen molar-refractivity contribution < 1.29 is 9.69 Å². The van der Waals surface area contributed by atoms with Gasteiger partial charge in [0.25, 0.3) is 0 Å². The third kappa shape index (κ3) is 4.38. The highest BCUT2D eigenvalue weighted by molar-refractivity contribution is 5.79. The van der Waals surface area contributed by atoms with E-state index in [1.54, 1.807) is 0 Å². The Bertz CT molecular complexity index is 960. The van der Waals surface area contributed by atoms with Crippen LogP contribution in [0.15, 0.2) is 54.9 Å². The number of amides is 1. The third-order valence-electron chi connectivity index (χ3n) is 5.80. The number of nitrogens with zero attached hydrogens (tertiary/aromatic N) is 4. The standard InChI is InChI=1S/C23H27N5O/c1-18-22(19(2)28(25-18)21-6-4-3-5-7-21)16-23(29)27-14-12-26(13-15-27)17-20-8-10-24-11-9-20/h3-11H,12-17H2,1-2H3/p+1. The van der Waals surface area contributed by atoms with E-state index in [0.29, 0.717) is 6.42 Å². The van der Waals surface area contributed by atoms with Gasteiger partial charge in [0, 0.05) is 29.2 Å². The van der Waals surface area contributed by atoms with Crippen molar-refractivity contribution >= 4 is 5.91 Å². The predicted octanol–water partition coefficient (Wildman–Crippen LogP) is 1.35.